The molecule has 0 saturated carbocycles. The van der Waals surface area contributed by atoms with Gasteiger partial charge in [0.15, 0.2) is 0 Å². The van der Waals surface area contributed by atoms with E-state index in [2.05, 4.69) is 10.1 Å². The smallest absolute Gasteiger partial charge is 0.411 e. The second-order valence-corrected chi connectivity index (χ2v) is 3.78. The Morgan fingerprint density at radius 1 is 1.39 bits per heavy atom. The van der Waals surface area contributed by atoms with Crippen LogP contribution in [0, 0.1) is 0 Å². The van der Waals surface area contributed by atoms with Crippen LogP contribution in [0.15, 0.2) is 42.1 Å². The summed E-state index contributed by atoms with van der Waals surface area (Å²) >= 11 is 0. The lowest BCUT2D eigenvalue weighted by Crippen LogP contribution is -2.12. The SMILES string of the molecule is O=C(C/C=C1\COC(=O)N1)OCc1ccccc1. The third-order valence-electron chi connectivity index (χ3n) is 2.38. The highest BCUT2D eigenvalue weighted by molar-refractivity contribution is 5.74. The summed E-state index contributed by atoms with van der Waals surface area (Å²) in [5.74, 6) is -0.340. The molecule has 18 heavy (non-hydrogen) atoms. The number of amides is 1. The van der Waals surface area contributed by atoms with Gasteiger partial charge in [-0.05, 0) is 5.56 Å². The lowest BCUT2D eigenvalue weighted by Gasteiger charge is -2.03. The number of esters is 1. The molecule has 0 radical (unpaired) electrons. The lowest BCUT2D eigenvalue weighted by molar-refractivity contribution is -0.143. The van der Waals surface area contributed by atoms with Crippen LogP contribution in [0.3, 0.4) is 0 Å². The second-order valence-electron chi connectivity index (χ2n) is 3.78. The number of carbonyl (C=O) groups excluding carboxylic acids is 2. The molecule has 1 N–H and O–H groups in total. The van der Waals surface area contributed by atoms with Crippen molar-refractivity contribution >= 4 is 12.1 Å². The van der Waals surface area contributed by atoms with E-state index in [-0.39, 0.29) is 25.6 Å². The van der Waals surface area contributed by atoms with Gasteiger partial charge in [-0.25, -0.2) is 4.79 Å². The van der Waals surface area contributed by atoms with Crippen LogP contribution in [0.25, 0.3) is 0 Å². The Labute approximate surface area is 104 Å². The lowest BCUT2D eigenvalue weighted by atomic mass is 10.2. The first-order chi connectivity index (χ1) is 8.74. The molecule has 0 unspecified atom stereocenters. The highest BCUT2D eigenvalue weighted by atomic mass is 16.6. The largest absolute Gasteiger partial charge is 0.461 e. The van der Waals surface area contributed by atoms with Crippen LogP contribution in [-0.2, 0) is 20.9 Å². The summed E-state index contributed by atoms with van der Waals surface area (Å²) in [6.07, 6.45) is 1.23. The summed E-state index contributed by atoms with van der Waals surface area (Å²) in [4.78, 5) is 22.2. The van der Waals surface area contributed by atoms with E-state index in [4.69, 9.17) is 4.74 Å². The zero-order valence-corrected chi connectivity index (χ0v) is 9.72. The van der Waals surface area contributed by atoms with Gasteiger partial charge in [0.1, 0.15) is 13.2 Å². The fraction of sp³-hybridized carbons (Fsp3) is 0.231. The van der Waals surface area contributed by atoms with E-state index >= 15 is 0 Å². The van der Waals surface area contributed by atoms with Crippen molar-refractivity contribution in [3.05, 3.63) is 47.7 Å². The molecular formula is C13H13NO4. The molecule has 1 fully saturated rings. The van der Waals surface area contributed by atoms with Crippen LogP contribution in [0.4, 0.5) is 4.79 Å². The van der Waals surface area contributed by atoms with E-state index in [1.807, 2.05) is 30.3 Å². The van der Waals surface area contributed by atoms with Crippen molar-refractivity contribution in [3.8, 4) is 0 Å². The molecule has 1 heterocycles. The van der Waals surface area contributed by atoms with Gasteiger partial charge >= 0.3 is 12.1 Å². The number of hydrogen-bond acceptors (Lipinski definition) is 4. The molecule has 1 amide bonds. The zero-order valence-electron chi connectivity index (χ0n) is 9.72. The van der Waals surface area contributed by atoms with Gasteiger partial charge in [-0.1, -0.05) is 36.4 Å². The molecule has 1 aromatic rings. The zero-order chi connectivity index (χ0) is 12.8. The molecule has 94 valence electrons. The number of ether oxygens (including phenoxy) is 2. The first-order valence-corrected chi connectivity index (χ1v) is 5.56. The molecule has 1 saturated heterocycles. The molecule has 0 bridgehead atoms. The number of hydrogen-bond donors (Lipinski definition) is 1. The molecule has 1 aliphatic rings. The first kappa shape index (κ1) is 12.2. The van der Waals surface area contributed by atoms with E-state index in [9.17, 15) is 9.59 Å². The number of alkyl carbamates (subject to hydrolysis) is 1. The van der Waals surface area contributed by atoms with E-state index in [0.29, 0.717) is 5.70 Å². The third kappa shape index (κ3) is 3.62. The molecule has 5 heteroatoms. The minimum absolute atomic E-state index is 0.117. The minimum atomic E-state index is -0.487. The predicted molar refractivity (Wildman–Crippen MR) is 63.4 cm³/mol. The summed E-state index contributed by atoms with van der Waals surface area (Å²) in [6.45, 7) is 0.441. The van der Waals surface area contributed by atoms with Gasteiger partial charge in [-0.2, -0.15) is 0 Å². The van der Waals surface area contributed by atoms with Crippen molar-refractivity contribution in [1.29, 1.82) is 0 Å². The van der Waals surface area contributed by atoms with E-state index in [0.717, 1.165) is 5.56 Å². The van der Waals surface area contributed by atoms with Gasteiger partial charge in [0.05, 0.1) is 12.1 Å². The number of carbonyl (C=O) groups is 2. The van der Waals surface area contributed by atoms with Crippen LogP contribution in [0.2, 0.25) is 0 Å². The number of benzene rings is 1. The molecule has 0 atom stereocenters. The monoisotopic (exact) mass is 247 g/mol. The molecular weight excluding hydrogens is 234 g/mol. The molecule has 0 aliphatic carbocycles. The fourth-order valence-corrected chi connectivity index (χ4v) is 1.46. The summed E-state index contributed by atoms with van der Waals surface area (Å²) in [6, 6.07) is 9.44. The Bertz CT molecular complexity index is 467. The Hall–Kier alpha value is -2.30. The van der Waals surface area contributed by atoms with E-state index in [1.54, 1.807) is 6.08 Å². The Kier molecular flexibility index (Phi) is 3.96. The highest BCUT2D eigenvalue weighted by Crippen LogP contribution is 2.05. The van der Waals surface area contributed by atoms with E-state index < -0.39 is 6.09 Å². The third-order valence-corrected chi connectivity index (χ3v) is 2.38. The molecule has 1 aliphatic heterocycles. The van der Waals surface area contributed by atoms with Gasteiger partial charge in [0.25, 0.3) is 0 Å². The van der Waals surface area contributed by atoms with Crippen molar-refractivity contribution in [2.75, 3.05) is 6.61 Å². The van der Waals surface area contributed by atoms with Crippen LogP contribution < -0.4 is 5.32 Å². The van der Waals surface area contributed by atoms with Gasteiger partial charge in [0.2, 0.25) is 0 Å². The second kappa shape index (κ2) is 5.86. The van der Waals surface area contributed by atoms with Crippen molar-refractivity contribution in [2.24, 2.45) is 0 Å². The topological polar surface area (TPSA) is 64.6 Å². The molecule has 0 aromatic heterocycles. The Morgan fingerprint density at radius 2 is 2.17 bits per heavy atom. The van der Waals surface area contributed by atoms with Gasteiger partial charge in [-0.15, -0.1) is 0 Å². The standard InChI is InChI=1S/C13H13NO4/c15-12(7-6-11-9-18-13(16)14-11)17-8-10-4-2-1-3-5-10/h1-6H,7-9H2,(H,14,16)/b11-6+. The Balaban J connectivity index is 1.74. The normalized spacial score (nSPS) is 16.2. The molecule has 2 rings (SSSR count). The number of nitrogens with one attached hydrogen (secondary N) is 1. The minimum Gasteiger partial charge on any atom is -0.461 e. The molecule has 5 nitrogen and oxygen atoms in total. The average Bonchev–Trinajstić information content (AvgIpc) is 2.81. The summed E-state index contributed by atoms with van der Waals surface area (Å²) in [5.41, 5.74) is 1.53. The highest BCUT2D eigenvalue weighted by Gasteiger charge is 2.15. The van der Waals surface area contributed by atoms with Crippen LogP contribution >= 0.6 is 0 Å². The maximum absolute atomic E-state index is 11.4. The summed E-state index contributed by atoms with van der Waals surface area (Å²) in [7, 11) is 0. The average molecular weight is 247 g/mol. The van der Waals surface area contributed by atoms with Crippen LogP contribution in [-0.4, -0.2) is 18.7 Å². The van der Waals surface area contributed by atoms with Crippen LogP contribution in [0.5, 0.6) is 0 Å². The number of rotatable bonds is 4. The van der Waals surface area contributed by atoms with Gasteiger partial charge in [0, 0.05) is 0 Å². The quantitative estimate of drug-likeness (QED) is 0.823. The van der Waals surface area contributed by atoms with Crippen LogP contribution in [0.1, 0.15) is 12.0 Å². The summed E-state index contributed by atoms with van der Waals surface area (Å²) in [5, 5.41) is 2.48. The van der Waals surface area contributed by atoms with Crippen molar-refractivity contribution < 1.29 is 19.1 Å². The maximum atomic E-state index is 11.4. The van der Waals surface area contributed by atoms with Crippen molar-refractivity contribution in [2.45, 2.75) is 13.0 Å². The number of cyclic esters (lactones) is 1. The van der Waals surface area contributed by atoms with Crippen molar-refractivity contribution in [1.82, 2.24) is 5.32 Å². The van der Waals surface area contributed by atoms with E-state index in [1.165, 1.54) is 0 Å². The first-order valence-electron chi connectivity index (χ1n) is 5.56. The maximum Gasteiger partial charge on any atom is 0.411 e. The van der Waals surface area contributed by atoms with Gasteiger partial charge < -0.3 is 9.47 Å². The van der Waals surface area contributed by atoms with Gasteiger partial charge in [-0.3, -0.25) is 10.1 Å². The molecule has 0 spiro atoms. The fourth-order valence-electron chi connectivity index (χ4n) is 1.46. The summed E-state index contributed by atoms with van der Waals surface area (Å²) < 4.78 is 9.73. The predicted octanol–water partition coefficient (Wildman–Crippen LogP) is 1.74. The van der Waals surface area contributed by atoms with Crippen molar-refractivity contribution in [3.63, 3.8) is 0 Å². The molecule has 1 aromatic carbocycles. The Morgan fingerprint density at radius 3 is 2.83 bits per heavy atom.